The molecule has 0 unspecified atom stereocenters. The van der Waals surface area contributed by atoms with Crippen LogP contribution in [-0.4, -0.2) is 58.3 Å². The highest BCUT2D eigenvalue weighted by Crippen LogP contribution is 2.19. The third kappa shape index (κ3) is 4.31. The van der Waals surface area contributed by atoms with Crippen molar-refractivity contribution >= 4 is 22.6 Å². The van der Waals surface area contributed by atoms with Gasteiger partial charge in [0.1, 0.15) is 0 Å². The molecule has 0 bridgehead atoms. The van der Waals surface area contributed by atoms with E-state index in [-0.39, 0.29) is 6.03 Å². The first-order valence-corrected chi connectivity index (χ1v) is 9.30. The van der Waals surface area contributed by atoms with E-state index >= 15 is 0 Å². The van der Waals surface area contributed by atoms with Crippen LogP contribution in [-0.2, 0) is 6.54 Å². The molecule has 0 radical (unpaired) electrons. The molecular formula is C19H29N5O. The van der Waals surface area contributed by atoms with Crippen LogP contribution in [0.25, 0.3) is 10.9 Å². The fraction of sp³-hybridized carbons (Fsp3) is 0.579. The second-order valence-electron chi connectivity index (χ2n) is 7.20. The average molecular weight is 343 g/mol. The number of fused-ring (bicyclic) bond motifs is 1. The van der Waals surface area contributed by atoms with Gasteiger partial charge in [-0.05, 0) is 44.0 Å². The third-order valence-corrected chi connectivity index (χ3v) is 4.69. The van der Waals surface area contributed by atoms with Gasteiger partial charge < -0.3 is 15.1 Å². The number of aryl methyl sites for hydroxylation is 1. The minimum Gasteiger partial charge on any atom is -0.323 e. The number of carbonyl (C=O) groups is 1. The van der Waals surface area contributed by atoms with E-state index in [0.717, 1.165) is 62.3 Å². The van der Waals surface area contributed by atoms with Crippen LogP contribution in [0.4, 0.5) is 10.5 Å². The molecular weight excluding hydrogens is 314 g/mol. The molecule has 0 aliphatic carbocycles. The minimum absolute atomic E-state index is 0.00619. The molecule has 0 spiro atoms. The number of anilines is 1. The van der Waals surface area contributed by atoms with E-state index in [9.17, 15) is 4.79 Å². The standard InChI is InChI=1S/C19H29N5O/c1-4-24-18-12-17(7-6-16(18)13-20-24)21-19(25)23-9-5-8-22(10-11-23)14-15(2)3/h6-7,12-13,15H,4-5,8-11,14H2,1-3H3,(H,21,25). The number of hydrogen-bond acceptors (Lipinski definition) is 3. The zero-order valence-corrected chi connectivity index (χ0v) is 15.5. The van der Waals surface area contributed by atoms with Crippen molar-refractivity contribution in [3.8, 4) is 0 Å². The Hall–Kier alpha value is -2.08. The van der Waals surface area contributed by atoms with E-state index in [1.54, 1.807) is 0 Å². The maximum Gasteiger partial charge on any atom is 0.321 e. The van der Waals surface area contributed by atoms with Crippen molar-refractivity contribution in [3.63, 3.8) is 0 Å². The summed E-state index contributed by atoms with van der Waals surface area (Å²) in [6, 6.07) is 5.96. The van der Waals surface area contributed by atoms with Crippen LogP contribution in [0.2, 0.25) is 0 Å². The quantitative estimate of drug-likeness (QED) is 0.927. The van der Waals surface area contributed by atoms with Crippen molar-refractivity contribution in [2.45, 2.75) is 33.7 Å². The fourth-order valence-corrected chi connectivity index (χ4v) is 3.48. The summed E-state index contributed by atoms with van der Waals surface area (Å²) in [6.45, 7) is 12.1. The molecule has 6 nitrogen and oxygen atoms in total. The molecule has 1 aromatic heterocycles. The minimum atomic E-state index is -0.00619. The average Bonchev–Trinajstić information content (AvgIpc) is 2.84. The number of urea groups is 1. The molecule has 2 amide bonds. The van der Waals surface area contributed by atoms with Crippen LogP contribution in [0.5, 0.6) is 0 Å². The monoisotopic (exact) mass is 343 g/mol. The number of aromatic nitrogens is 2. The largest absolute Gasteiger partial charge is 0.323 e. The Labute approximate surface area is 149 Å². The lowest BCUT2D eigenvalue weighted by Gasteiger charge is -2.23. The molecule has 136 valence electrons. The molecule has 3 rings (SSSR count). The van der Waals surface area contributed by atoms with Gasteiger partial charge in [0, 0.05) is 43.8 Å². The highest BCUT2D eigenvalue weighted by Gasteiger charge is 2.19. The molecule has 6 heteroatoms. The predicted octanol–water partition coefficient (Wildman–Crippen LogP) is 3.25. The summed E-state index contributed by atoms with van der Waals surface area (Å²) in [6.07, 6.45) is 2.89. The van der Waals surface area contributed by atoms with Gasteiger partial charge in [-0.25, -0.2) is 4.79 Å². The lowest BCUT2D eigenvalue weighted by atomic mass is 10.2. The van der Waals surface area contributed by atoms with Crippen LogP contribution in [0.15, 0.2) is 24.4 Å². The third-order valence-electron chi connectivity index (χ3n) is 4.69. The summed E-state index contributed by atoms with van der Waals surface area (Å²) >= 11 is 0. The number of hydrogen-bond donors (Lipinski definition) is 1. The van der Waals surface area contributed by atoms with E-state index in [1.807, 2.05) is 34.0 Å². The summed E-state index contributed by atoms with van der Waals surface area (Å²) in [5.41, 5.74) is 1.88. The fourth-order valence-electron chi connectivity index (χ4n) is 3.48. The predicted molar refractivity (Wildman–Crippen MR) is 102 cm³/mol. The van der Waals surface area contributed by atoms with E-state index in [1.165, 1.54) is 0 Å². The summed E-state index contributed by atoms with van der Waals surface area (Å²) in [5.74, 6) is 0.663. The molecule has 1 aromatic carbocycles. The van der Waals surface area contributed by atoms with Crippen molar-refractivity contribution in [3.05, 3.63) is 24.4 Å². The Kier molecular flexibility index (Phi) is 5.58. The number of benzene rings is 1. The molecule has 2 heterocycles. The van der Waals surface area contributed by atoms with Crippen LogP contribution in [0, 0.1) is 5.92 Å². The van der Waals surface area contributed by atoms with Crippen molar-refractivity contribution in [1.82, 2.24) is 19.6 Å². The van der Waals surface area contributed by atoms with Gasteiger partial charge in [0.25, 0.3) is 0 Å². The van der Waals surface area contributed by atoms with Gasteiger partial charge in [0.2, 0.25) is 0 Å². The number of amides is 2. The topological polar surface area (TPSA) is 53.4 Å². The first-order valence-electron chi connectivity index (χ1n) is 9.30. The lowest BCUT2D eigenvalue weighted by molar-refractivity contribution is 0.209. The lowest BCUT2D eigenvalue weighted by Crippen LogP contribution is -2.38. The number of nitrogens with one attached hydrogen (secondary N) is 1. The van der Waals surface area contributed by atoms with Gasteiger partial charge in [-0.3, -0.25) is 4.68 Å². The van der Waals surface area contributed by atoms with E-state index in [4.69, 9.17) is 0 Å². The molecule has 1 N–H and O–H groups in total. The van der Waals surface area contributed by atoms with Gasteiger partial charge in [-0.15, -0.1) is 0 Å². The molecule has 2 aromatic rings. The molecule has 1 saturated heterocycles. The zero-order chi connectivity index (χ0) is 17.8. The van der Waals surface area contributed by atoms with Crippen molar-refractivity contribution in [2.24, 2.45) is 5.92 Å². The van der Waals surface area contributed by atoms with Crippen LogP contribution < -0.4 is 5.32 Å². The second-order valence-corrected chi connectivity index (χ2v) is 7.20. The second kappa shape index (κ2) is 7.87. The Morgan fingerprint density at radius 1 is 1.24 bits per heavy atom. The normalized spacial score (nSPS) is 16.4. The molecule has 25 heavy (non-hydrogen) atoms. The van der Waals surface area contributed by atoms with Crippen LogP contribution in [0.1, 0.15) is 27.2 Å². The first kappa shape index (κ1) is 17.7. The number of rotatable bonds is 4. The molecule has 1 aliphatic heterocycles. The van der Waals surface area contributed by atoms with Crippen LogP contribution in [0.3, 0.4) is 0 Å². The smallest absolute Gasteiger partial charge is 0.321 e. The van der Waals surface area contributed by atoms with Gasteiger partial charge in [-0.1, -0.05) is 13.8 Å². The summed E-state index contributed by atoms with van der Waals surface area (Å²) < 4.78 is 1.95. The molecule has 0 saturated carbocycles. The Balaban J connectivity index is 1.63. The van der Waals surface area contributed by atoms with E-state index in [0.29, 0.717) is 5.92 Å². The van der Waals surface area contributed by atoms with Gasteiger partial charge in [0.05, 0.1) is 11.7 Å². The molecule has 1 aliphatic rings. The van der Waals surface area contributed by atoms with Crippen LogP contribution >= 0.6 is 0 Å². The highest BCUT2D eigenvalue weighted by atomic mass is 16.2. The molecule has 0 atom stereocenters. The van der Waals surface area contributed by atoms with Crippen molar-refractivity contribution in [2.75, 3.05) is 38.0 Å². The highest BCUT2D eigenvalue weighted by molar-refractivity contribution is 5.92. The number of carbonyl (C=O) groups excluding carboxylic acids is 1. The summed E-state index contributed by atoms with van der Waals surface area (Å²) in [7, 11) is 0. The van der Waals surface area contributed by atoms with Gasteiger partial charge in [0.15, 0.2) is 0 Å². The summed E-state index contributed by atoms with van der Waals surface area (Å²) in [4.78, 5) is 17.0. The van der Waals surface area contributed by atoms with E-state index in [2.05, 4.69) is 36.1 Å². The summed E-state index contributed by atoms with van der Waals surface area (Å²) in [5, 5.41) is 8.51. The van der Waals surface area contributed by atoms with Crippen molar-refractivity contribution < 1.29 is 4.79 Å². The SMILES string of the molecule is CCn1ncc2ccc(NC(=O)N3CCCN(CC(C)C)CC3)cc21. The Morgan fingerprint density at radius 2 is 2.08 bits per heavy atom. The first-order chi connectivity index (χ1) is 12.1. The zero-order valence-electron chi connectivity index (χ0n) is 15.5. The van der Waals surface area contributed by atoms with Gasteiger partial charge >= 0.3 is 6.03 Å². The maximum atomic E-state index is 12.7. The Morgan fingerprint density at radius 3 is 2.84 bits per heavy atom. The molecule has 1 fully saturated rings. The van der Waals surface area contributed by atoms with Crippen molar-refractivity contribution in [1.29, 1.82) is 0 Å². The van der Waals surface area contributed by atoms with Gasteiger partial charge in [-0.2, -0.15) is 5.10 Å². The van der Waals surface area contributed by atoms with E-state index < -0.39 is 0 Å². The Bertz CT molecular complexity index is 724. The number of nitrogens with zero attached hydrogens (tertiary/aromatic N) is 4. The maximum absolute atomic E-state index is 12.7.